The number of aryl methyl sites for hydroxylation is 2. The second-order valence-electron chi connectivity index (χ2n) is 6.54. The highest BCUT2D eigenvalue weighted by Gasteiger charge is 2.23. The number of rotatable bonds is 9. The average molecular weight is 405 g/mol. The van der Waals surface area contributed by atoms with E-state index >= 15 is 0 Å². The largest absolute Gasteiger partial charge is 0.306 e. The van der Waals surface area contributed by atoms with Crippen molar-refractivity contribution in [3.05, 3.63) is 63.6 Å². The summed E-state index contributed by atoms with van der Waals surface area (Å²) in [7, 11) is -3.70. The minimum Gasteiger partial charge on any atom is -0.306 e. The van der Waals surface area contributed by atoms with Gasteiger partial charge >= 0.3 is 0 Å². The van der Waals surface area contributed by atoms with Crippen molar-refractivity contribution in [1.82, 2.24) is 8.87 Å². The summed E-state index contributed by atoms with van der Waals surface area (Å²) in [5.41, 5.74) is 2.15. The van der Waals surface area contributed by atoms with E-state index in [-0.39, 0.29) is 17.2 Å². The first-order chi connectivity index (χ1) is 13.3. The van der Waals surface area contributed by atoms with E-state index in [0.29, 0.717) is 25.1 Å². The van der Waals surface area contributed by atoms with Crippen LogP contribution in [0.15, 0.2) is 46.2 Å². The number of hydrogen-bond acceptors (Lipinski definition) is 4. The third-order valence-corrected chi connectivity index (χ3v) is 6.91. The van der Waals surface area contributed by atoms with Crippen LogP contribution in [0.1, 0.15) is 49.2 Å². The molecule has 0 fully saturated rings. The Bertz CT molecular complexity index is 1010. The smallest absolute Gasteiger partial charge is 0.251 e. The molecule has 0 aliphatic heterocycles. The molecule has 0 saturated heterocycles. The quantitative estimate of drug-likeness (QED) is 0.602. The maximum absolute atomic E-state index is 12.9. The fourth-order valence-corrected chi connectivity index (χ4v) is 4.63. The lowest BCUT2D eigenvalue weighted by Gasteiger charge is -2.19. The van der Waals surface area contributed by atoms with Gasteiger partial charge in [-0.05, 0) is 36.1 Å². The molecule has 7 heteroatoms. The number of benzene rings is 1. The van der Waals surface area contributed by atoms with Crippen LogP contribution in [0.5, 0.6) is 0 Å². The van der Waals surface area contributed by atoms with Crippen molar-refractivity contribution in [2.45, 2.75) is 52.0 Å². The van der Waals surface area contributed by atoms with Crippen molar-refractivity contribution in [3.8, 4) is 0 Å². The van der Waals surface area contributed by atoms with Gasteiger partial charge in [-0.1, -0.05) is 39.8 Å². The molecule has 1 heterocycles. The molecule has 0 aliphatic carbocycles. The summed E-state index contributed by atoms with van der Waals surface area (Å²) in [6.07, 6.45) is 2.78. The number of pyridine rings is 1. The monoisotopic (exact) mass is 404 g/mol. The Morgan fingerprint density at radius 1 is 1.00 bits per heavy atom. The highest BCUT2D eigenvalue weighted by molar-refractivity contribution is 7.89. The molecule has 0 radical (unpaired) electrons. The number of hydrogen-bond donors (Lipinski definition) is 0. The Balaban J connectivity index is 2.43. The van der Waals surface area contributed by atoms with Crippen LogP contribution in [0.3, 0.4) is 0 Å². The van der Waals surface area contributed by atoms with Crippen molar-refractivity contribution in [3.63, 3.8) is 0 Å². The van der Waals surface area contributed by atoms with E-state index in [9.17, 15) is 18.0 Å². The number of aromatic nitrogens is 1. The van der Waals surface area contributed by atoms with Crippen LogP contribution < -0.4 is 5.56 Å². The van der Waals surface area contributed by atoms with Crippen LogP contribution in [0.2, 0.25) is 0 Å². The summed E-state index contributed by atoms with van der Waals surface area (Å²) in [5.74, 6) is -0.202. The van der Waals surface area contributed by atoms with Gasteiger partial charge in [0.25, 0.3) is 5.56 Å². The van der Waals surface area contributed by atoms with Gasteiger partial charge in [-0.2, -0.15) is 4.31 Å². The topological polar surface area (TPSA) is 76.5 Å². The first kappa shape index (κ1) is 22.0. The van der Waals surface area contributed by atoms with E-state index in [1.165, 1.54) is 27.2 Å². The Hall–Kier alpha value is -2.25. The van der Waals surface area contributed by atoms with Gasteiger partial charge in [0.1, 0.15) is 0 Å². The molecule has 0 spiro atoms. The summed E-state index contributed by atoms with van der Waals surface area (Å²) in [6.45, 7) is 7.98. The van der Waals surface area contributed by atoms with Gasteiger partial charge in [0, 0.05) is 30.9 Å². The molecule has 0 amide bonds. The number of sulfonamides is 1. The maximum Gasteiger partial charge on any atom is 0.251 e. The average Bonchev–Trinajstić information content (AvgIpc) is 2.69. The summed E-state index contributed by atoms with van der Waals surface area (Å²) < 4.78 is 27.9. The van der Waals surface area contributed by atoms with Crippen molar-refractivity contribution < 1.29 is 13.2 Å². The molecule has 0 unspecified atom stereocenters. The standard InChI is InChI=1S/C21H28N2O4S/c1-5-16-9-10-17(6-2)19(13-16)20(24)15-22-14-18(11-12-21(22)25)28(26,27)23(7-3)8-4/h9-14H,5-8,15H2,1-4H3. The highest BCUT2D eigenvalue weighted by atomic mass is 32.2. The van der Waals surface area contributed by atoms with E-state index in [0.717, 1.165) is 17.5 Å². The van der Waals surface area contributed by atoms with Crippen LogP contribution in [-0.4, -0.2) is 36.2 Å². The number of Topliss-reactive ketones (excluding diaryl/α,β-unsaturated/α-hetero) is 1. The van der Waals surface area contributed by atoms with Gasteiger partial charge in [-0.15, -0.1) is 0 Å². The van der Waals surface area contributed by atoms with Crippen molar-refractivity contribution >= 4 is 15.8 Å². The summed E-state index contributed by atoms with van der Waals surface area (Å²) in [4.78, 5) is 25.2. The molecule has 152 valence electrons. The molecule has 0 atom stereocenters. The van der Waals surface area contributed by atoms with Crippen LogP contribution >= 0.6 is 0 Å². The van der Waals surface area contributed by atoms with Gasteiger partial charge in [0.2, 0.25) is 10.0 Å². The van der Waals surface area contributed by atoms with E-state index < -0.39 is 15.6 Å². The molecule has 0 bridgehead atoms. The van der Waals surface area contributed by atoms with Crippen molar-refractivity contribution in [1.29, 1.82) is 0 Å². The van der Waals surface area contributed by atoms with Crippen molar-refractivity contribution in [2.24, 2.45) is 0 Å². The molecule has 1 aromatic carbocycles. The number of carbonyl (C=O) groups excluding carboxylic acids is 1. The van der Waals surface area contributed by atoms with E-state index in [1.54, 1.807) is 13.8 Å². The maximum atomic E-state index is 12.9. The molecule has 0 aliphatic rings. The zero-order chi connectivity index (χ0) is 20.9. The first-order valence-corrected chi connectivity index (χ1v) is 11.1. The zero-order valence-electron chi connectivity index (χ0n) is 16.9. The third-order valence-electron chi connectivity index (χ3n) is 4.88. The highest BCUT2D eigenvalue weighted by Crippen LogP contribution is 2.17. The minimum absolute atomic E-state index is 0.0154. The van der Waals surface area contributed by atoms with Gasteiger partial charge in [-0.3, -0.25) is 9.59 Å². The SMILES string of the molecule is CCc1ccc(CC)c(C(=O)Cn2cc(S(=O)(=O)N(CC)CC)ccc2=O)c1. The van der Waals surface area contributed by atoms with E-state index in [2.05, 4.69) is 0 Å². The van der Waals surface area contributed by atoms with Gasteiger partial charge < -0.3 is 4.57 Å². The second-order valence-corrected chi connectivity index (χ2v) is 8.48. The van der Waals surface area contributed by atoms with Crippen LogP contribution in [0, 0.1) is 0 Å². The molecule has 2 aromatic rings. The molecule has 0 N–H and O–H groups in total. The summed E-state index contributed by atoms with van der Waals surface area (Å²) in [5, 5.41) is 0. The zero-order valence-corrected chi connectivity index (χ0v) is 17.8. The fraction of sp³-hybridized carbons (Fsp3) is 0.429. The summed E-state index contributed by atoms with van der Waals surface area (Å²) >= 11 is 0. The van der Waals surface area contributed by atoms with Crippen molar-refractivity contribution in [2.75, 3.05) is 13.1 Å². The van der Waals surface area contributed by atoms with Gasteiger partial charge in [-0.25, -0.2) is 8.42 Å². The molecule has 0 saturated carbocycles. The Labute approximate surface area is 166 Å². The summed E-state index contributed by atoms with van der Waals surface area (Å²) in [6, 6.07) is 8.30. The predicted octanol–water partition coefficient (Wildman–Crippen LogP) is 2.89. The molecule has 28 heavy (non-hydrogen) atoms. The predicted molar refractivity (Wildman–Crippen MR) is 110 cm³/mol. The minimum atomic E-state index is -3.70. The van der Waals surface area contributed by atoms with Crippen LogP contribution in [-0.2, 0) is 29.4 Å². The van der Waals surface area contributed by atoms with Crippen LogP contribution in [0.4, 0.5) is 0 Å². The Kier molecular flexibility index (Phi) is 7.32. The third kappa shape index (κ3) is 4.59. The van der Waals surface area contributed by atoms with Gasteiger partial charge in [0.05, 0.1) is 11.4 Å². The lowest BCUT2D eigenvalue weighted by atomic mass is 9.97. The molecule has 2 rings (SSSR count). The normalized spacial score (nSPS) is 11.8. The Morgan fingerprint density at radius 2 is 1.68 bits per heavy atom. The van der Waals surface area contributed by atoms with E-state index in [1.807, 2.05) is 32.0 Å². The first-order valence-electron chi connectivity index (χ1n) is 9.64. The molecule has 6 nitrogen and oxygen atoms in total. The molecule has 1 aromatic heterocycles. The fourth-order valence-electron chi connectivity index (χ4n) is 3.15. The van der Waals surface area contributed by atoms with E-state index in [4.69, 9.17) is 0 Å². The lowest BCUT2D eigenvalue weighted by Crippen LogP contribution is -2.32. The number of nitrogens with zero attached hydrogens (tertiary/aromatic N) is 2. The van der Waals surface area contributed by atoms with Crippen LogP contribution in [0.25, 0.3) is 0 Å². The number of carbonyl (C=O) groups is 1. The Morgan fingerprint density at radius 3 is 2.25 bits per heavy atom. The van der Waals surface area contributed by atoms with Gasteiger partial charge in [0.15, 0.2) is 5.78 Å². The molecular weight excluding hydrogens is 376 g/mol. The molecular formula is C21H28N2O4S. The second kappa shape index (κ2) is 9.30. The lowest BCUT2D eigenvalue weighted by molar-refractivity contribution is 0.0969. The number of ketones is 1.